The summed E-state index contributed by atoms with van der Waals surface area (Å²) in [5, 5.41) is 4.64. The van der Waals surface area contributed by atoms with E-state index in [-0.39, 0.29) is 24.0 Å². The van der Waals surface area contributed by atoms with E-state index < -0.39 is 0 Å². The van der Waals surface area contributed by atoms with Gasteiger partial charge in [-0.3, -0.25) is 4.99 Å². The van der Waals surface area contributed by atoms with E-state index in [4.69, 9.17) is 4.74 Å². The van der Waals surface area contributed by atoms with Crippen LogP contribution in [0.2, 0.25) is 0 Å². The van der Waals surface area contributed by atoms with Gasteiger partial charge in [-0.25, -0.2) is 4.98 Å². The average Bonchev–Trinajstić information content (AvgIpc) is 3.24. The van der Waals surface area contributed by atoms with E-state index >= 15 is 0 Å². The fourth-order valence-electron chi connectivity index (χ4n) is 3.91. The maximum atomic E-state index is 6.18. The molecule has 1 saturated carbocycles. The lowest BCUT2D eigenvalue weighted by atomic mass is 10.1. The van der Waals surface area contributed by atoms with Crippen molar-refractivity contribution in [1.82, 2.24) is 15.2 Å². The third-order valence-corrected chi connectivity index (χ3v) is 6.48. The minimum Gasteiger partial charge on any atom is -0.378 e. The van der Waals surface area contributed by atoms with E-state index in [2.05, 4.69) is 34.0 Å². The van der Waals surface area contributed by atoms with Gasteiger partial charge in [0.25, 0.3) is 0 Å². The monoisotopic (exact) mass is 492 g/mol. The van der Waals surface area contributed by atoms with Crippen LogP contribution in [0.1, 0.15) is 54.1 Å². The molecule has 7 heteroatoms. The molecule has 1 aliphatic carbocycles. The van der Waals surface area contributed by atoms with Crippen LogP contribution in [0.3, 0.4) is 0 Å². The molecule has 1 aliphatic heterocycles. The maximum Gasteiger partial charge on any atom is 0.193 e. The van der Waals surface area contributed by atoms with Crippen molar-refractivity contribution in [2.24, 2.45) is 10.9 Å². The Bertz CT molecular complexity index is 578. The summed E-state index contributed by atoms with van der Waals surface area (Å²) in [5.74, 6) is 1.82. The van der Waals surface area contributed by atoms with Crippen molar-refractivity contribution in [3.05, 3.63) is 15.6 Å². The van der Waals surface area contributed by atoms with Gasteiger partial charge in [-0.1, -0.05) is 12.8 Å². The largest absolute Gasteiger partial charge is 0.378 e. The molecule has 0 bridgehead atoms. The normalized spacial score (nSPS) is 19.7. The van der Waals surface area contributed by atoms with Crippen LogP contribution < -0.4 is 5.32 Å². The van der Waals surface area contributed by atoms with Crippen LogP contribution in [0.15, 0.2) is 4.99 Å². The second-order valence-electron chi connectivity index (χ2n) is 7.31. The van der Waals surface area contributed by atoms with Crippen molar-refractivity contribution in [1.29, 1.82) is 0 Å². The van der Waals surface area contributed by atoms with Crippen LogP contribution in [-0.4, -0.2) is 48.7 Å². The maximum absolute atomic E-state index is 6.18. The van der Waals surface area contributed by atoms with Crippen LogP contribution in [0, 0.1) is 19.8 Å². The van der Waals surface area contributed by atoms with Gasteiger partial charge in [-0.05, 0) is 45.4 Å². The summed E-state index contributed by atoms with van der Waals surface area (Å²) in [6, 6.07) is 0. The smallest absolute Gasteiger partial charge is 0.193 e. The third kappa shape index (κ3) is 6.05. The summed E-state index contributed by atoms with van der Waals surface area (Å²) in [5.41, 5.74) is 1.13. The Balaban J connectivity index is 0.00000243. The van der Waals surface area contributed by atoms with Gasteiger partial charge in [0, 0.05) is 31.6 Å². The Labute approximate surface area is 179 Å². The fourth-order valence-corrected chi connectivity index (χ4v) is 4.79. The Kier molecular flexibility index (Phi) is 9.09. The molecular weight excluding hydrogens is 459 g/mol. The first kappa shape index (κ1) is 21.9. The lowest BCUT2D eigenvalue weighted by Gasteiger charge is -2.34. The molecule has 26 heavy (non-hydrogen) atoms. The number of aryl methyl sites for hydroxylation is 2. The first-order chi connectivity index (χ1) is 12.2. The highest BCUT2D eigenvalue weighted by molar-refractivity contribution is 14.0. The minimum absolute atomic E-state index is 0. The first-order valence-corrected chi connectivity index (χ1v) is 10.5. The number of nitrogens with zero attached hydrogens (tertiary/aromatic N) is 3. The second-order valence-corrected chi connectivity index (χ2v) is 8.60. The van der Waals surface area contributed by atoms with Gasteiger partial charge in [0.05, 0.1) is 23.4 Å². The summed E-state index contributed by atoms with van der Waals surface area (Å²) < 4.78 is 6.18. The van der Waals surface area contributed by atoms with Crippen molar-refractivity contribution >= 4 is 41.3 Å². The fraction of sp³-hybridized carbons (Fsp3) is 0.789. The van der Waals surface area contributed by atoms with Gasteiger partial charge in [-0.2, -0.15) is 0 Å². The number of hydrogen-bond acceptors (Lipinski definition) is 4. The molecule has 2 aliphatic rings. The van der Waals surface area contributed by atoms with E-state index in [0.717, 1.165) is 61.7 Å². The molecule has 0 atom stereocenters. The van der Waals surface area contributed by atoms with E-state index in [1.54, 1.807) is 11.3 Å². The predicted molar refractivity (Wildman–Crippen MR) is 120 cm³/mol. The Morgan fingerprint density at radius 2 is 1.92 bits per heavy atom. The molecule has 2 heterocycles. The van der Waals surface area contributed by atoms with Crippen LogP contribution in [0.25, 0.3) is 0 Å². The highest BCUT2D eigenvalue weighted by Gasteiger charge is 2.24. The molecule has 0 radical (unpaired) electrons. The number of aliphatic imine (C=N–C) groups is 1. The van der Waals surface area contributed by atoms with Crippen LogP contribution in [0.4, 0.5) is 0 Å². The third-order valence-electron chi connectivity index (χ3n) is 5.40. The lowest BCUT2D eigenvalue weighted by molar-refractivity contribution is 0.00101. The van der Waals surface area contributed by atoms with Crippen molar-refractivity contribution < 1.29 is 4.74 Å². The zero-order valence-corrected chi connectivity index (χ0v) is 19.4. The number of nitrogens with one attached hydrogen (secondary N) is 1. The molecule has 0 spiro atoms. The second kappa shape index (κ2) is 10.8. The van der Waals surface area contributed by atoms with E-state index in [1.807, 2.05) is 7.05 Å². The van der Waals surface area contributed by atoms with Gasteiger partial charge >= 0.3 is 0 Å². The zero-order valence-electron chi connectivity index (χ0n) is 16.3. The van der Waals surface area contributed by atoms with Gasteiger partial charge in [-0.15, -0.1) is 35.3 Å². The molecule has 1 aromatic rings. The summed E-state index contributed by atoms with van der Waals surface area (Å²) in [7, 11) is 1.87. The molecule has 0 unspecified atom stereocenters. The summed E-state index contributed by atoms with van der Waals surface area (Å²) in [4.78, 5) is 12.6. The Hall–Kier alpha value is -0.410. The number of aromatic nitrogens is 1. The van der Waals surface area contributed by atoms with Crippen molar-refractivity contribution in [2.45, 2.75) is 65.0 Å². The molecule has 3 rings (SSSR count). The molecule has 148 valence electrons. The topological polar surface area (TPSA) is 49.8 Å². The van der Waals surface area contributed by atoms with Crippen molar-refractivity contribution in [3.8, 4) is 0 Å². The lowest BCUT2D eigenvalue weighted by Crippen LogP contribution is -2.46. The number of thiazole rings is 1. The molecule has 0 aromatic carbocycles. The first-order valence-electron chi connectivity index (χ1n) is 9.66. The number of ether oxygens (including phenoxy) is 1. The van der Waals surface area contributed by atoms with E-state index in [9.17, 15) is 0 Å². The van der Waals surface area contributed by atoms with Crippen LogP contribution >= 0.6 is 35.3 Å². The summed E-state index contributed by atoms with van der Waals surface area (Å²) in [6.07, 6.45) is 8.16. The zero-order chi connectivity index (χ0) is 17.6. The number of rotatable bonds is 5. The summed E-state index contributed by atoms with van der Waals surface area (Å²) >= 11 is 1.77. The molecular formula is C19H33IN4OS. The Morgan fingerprint density at radius 1 is 1.23 bits per heavy atom. The van der Waals surface area contributed by atoms with Gasteiger partial charge in [0.15, 0.2) is 5.96 Å². The van der Waals surface area contributed by atoms with Gasteiger partial charge in [0.2, 0.25) is 0 Å². The average molecular weight is 492 g/mol. The number of guanidine groups is 1. The number of likely N-dealkylation sites (tertiary alicyclic amines) is 1. The minimum atomic E-state index is 0. The van der Waals surface area contributed by atoms with E-state index in [1.165, 1.54) is 30.6 Å². The number of hydrogen-bond donors (Lipinski definition) is 1. The molecule has 1 N–H and O–H groups in total. The Morgan fingerprint density at radius 3 is 2.50 bits per heavy atom. The predicted octanol–water partition coefficient (Wildman–Crippen LogP) is 4.12. The quantitative estimate of drug-likeness (QED) is 0.382. The van der Waals surface area contributed by atoms with E-state index in [0.29, 0.717) is 6.10 Å². The molecule has 5 nitrogen and oxygen atoms in total. The van der Waals surface area contributed by atoms with Crippen molar-refractivity contribution in [3.63, 3.8) is 0 Å². The number of halogens is 1. The molecule has 1 saturated heterocycles. The molecule has 0 amide bonds. The number of piperidine rings is 1. The van der Waals surface area contributed by atoms with Crippen LogP contribution in [0.5, 0.6) is 0 Å². The van der Waals surface area contributed by atoms with Crippen molar-refractivity contribution in [2.75, 3.05) is 26.7 Å². The standard InChI is InChI=1S/C19H32N4OS.HI/c1-14-18(25-15(2)22-14)12-21-19(20-3)23-10-8-17(9-11-23)24-13-16-6-4-5-7-16;/h16-17H,4-13H2,1-3H3,(H,20,21);1H. The van der Waals surface area contributed by atoms with Crippen LogP contribution in [-0.2, 0) is 11.3 Å². The highest BCUT2D eigenvalue weighted by Crippen LogP contribution is 2.26. The SMILES string of the molecule is CN=C(NCc1sc(C)nc1C)N1CCC(OCC2CCCC2)CC1.I. The van der Waals surface area contributed by atoms with Gasteiger partial charge in [0.1, 0.15) is 0 Å². The summed E-state index contributed by atoms with van der Waals surface area (Å²) in [6.45, 7) is 7.97. The molecule has 2 fully saturated rings. The highest BCUT2D eigenvalue weighted by atomic mass is 127. The van der Waals surface area contributed by atoms with Gasteiger partial charge < -0.3 is 15.0 Å². The molecule has 1 aromatic heterocycles.